The highest BCUT2D eigenvalue weighted by atomic mass is 16.2. The third-order valence-corrected chi connectivity index (χ3v) is 24.0. The smallest absolute Gasteiger partial charge is 0.220 e. The highest BCUT2D eigenvalue weighted by Crippen LogP contribution is 2.44. The summed E-state index contributed by atoms with van der Waals surface area (Å²) in [5, 5.41) is 6.79. The van der Waals surface area contributed by atoms with Crippen LogP contribution in [0.25, 0.3) is 0 Å². The third kappa shape index (κ3) is 50.3. The van der Waals surface area contributed by atoms with Crippen molar-refractivity contribution in [2.45, 2.75) is 497 Å². The molecule has 4 unspecified atom stereocenters. The van der Waals surface area contributed by atoms with Crippen LogP contribution in [-0.4, -0.2) is 35.5 Å². The summed E-state index contributed by atoms with van der Waals surface area (Å²) in [7, 11) is 0. The largest absolute Gasteiger partial charge is 0.351 e. The second kappa shape index (κ2) is 62.1. The van der Waals surface area contributed by atoms with Gasteiger partial charge in [0, 0.05) is 50.6 Å². The molecule has 3 fully saturated rings. The molecule has 0 aliphatic heterocycles. The van der Waals surface area contributed by atoms with Crippen LogP contribution in [0, 0.1) is 47.3 Å². The van der Waals surface area contributed by atoms with Crippen molar-refractivity contribution in [3.05, 3.63) is 0 Å². The molecule has 6 heteroatoms. The third-order valence-electron chi connectivity index (χ3n) is 24.0. The molecule has 558 valence electrons. The summed E-state index contributed by atoms with van der Waals surface area (Å²) in [5.74, 6) is 7.33. The molecule has 3 aliphatic rings. The number of carbonyl (C=O) groups is 4. The maximum Gasteiger partial charge on any atom is 0.220 e. The lowest BCUT2D eigenvalue weighted by atomic mass is 9.74. The maximum atomic E-state index is 13.6. The highest BCUT2D eigenvalue weighted by Gasteiger charge is 2.33. The molecule has 0 spiro atoms. The molecule has 2 N–H and O–H groups in total. The number of carbonyl (C=O) groups excluding carboxylic acids is 4. The summed E-state index contributed by atoms with van der Waals surface area (Å²) in [6.07, 6.45) is 86.8. The zero-order valence-corrected chi connectivity index (χ0v) is 65.2. The predicted octanol–water partition coefficient (Wildman–Crippen LogP) is 28.1. The van der Waals surface area contributed by atoms with Crippen LogP contribution in [0.5, 0.6) is 0 Å². The first-order chi connectivity index (χ1) is 46.5. The summed E-state index contributed by atoms with van der Waals surface area (Å²) in [6, 6.07) is 0.149. The van der Waals surface area contributed by atoms with E-state index in [-0.39, 0.29) is 23.9 Å². The second-order valence-corrected chi connectivity index (χ2v) is 34.0. The lowest BCUT2D eigenvalue weighted by Gasteiger charge is -2.33. The number of rotatable bonds is 66. The van der Waals surface area contributed by atoms with Gasteiger partial charge < -0.3 is 10.6 Å². The van der Waals surface area contributed by atoms with Crippen LogP contribution < -0.4 is 10.6 Å². The Bertz CT molecular complexity index is 1640. The van der Waals surface area contributed by atoms with Crippen molar-refractivity contribution in [1.82, 2.24) is 10.6 Å². The van der Waals surface area contributed by atoms with E-state index in [2.05, 4.69) is 52.2 Å². The Hall–Kier alpha value is -1.72. The quantitative estimate of drug-likeness (QED) is 0.0469. The fraction of sp³-hybridized carbons (Fsp3) is 0.955. The van der Waals surface area contributed by atoms with Crippen molar-refractivity contribution < 1.29 is 19.2 Å². The molecule has 0 aromatic rings. The molecule has 8 atom stereocenters. The molecular formula is C89H168N2O4. The van der Waals surface area contributed by atoms with Gasteiger partial charge in [0.05, 0.1) is 0 Å². The summed E-state index contributed by atoms with van der Waals surface area (Å²) in [5.41, 5.74) is 0. The number of amides is 2. The Balaban J connectivity index is 1.37. The van der Waals surface area contributed by atoms with E-state index in [1.807, 2.05) is 0 Å². The molecule has 3 saturated carbocycles. The van der Waals surface area contributed by atoms with Gasteiger partial charge in [0.15, 0.2) is 0 Å². The first-order valence-electron chi connectivity index (χ1n) is 44.1. The van der Waals surface area contributed by atoms with Gasteiger partial charge in [-0.25, -0.2) is 0 Å². The van der Waals surface area contributed by atoms with Gasteiger partial charge >= 0.3 is 0 Å². The fourth-order valence-corrected chi connectivity index (χ4v) is 17.9. The SMILES string of the molecule is CCCCCCCCC1CC(CCCCCCC(=O)C[C@@H]2CCCC[C@H]2CC(=O)CCCCCCCCCCCCCCCC(C)C)CC(CCCCCCC(=O)N[C@H]2CCCC[C@@H]2NC(=O)CCCCCCCCCCCCCCCC(C)C)CC1CCCCCCCC. The zero-order valence-electron chi connectivity index (χ0n) is 65.2. The number of hydrogen-bond donors (Lipinski definition) is 2. The van der Waals surface area contributed by atoms with Crippen LogP contribution >= 0.6 is 0 Å². The summed E-state index contributed by atoms with van der Waals surface area (Å²) in [6.45, 7) is 14.0. The van der Waals surface area contributed by atoms with Crippen molar-refractivity contribution in [3.63, 3.8) is 0 Å². The highest BCUT2D eigenvalue weighted by molar-refractivity contribution is 5.80. The number of Topliss-reactive ketones (excluding diaryl/α,β-unsaturated/α-hetero) is 2. The predicted molar refractivity (Wildman–Crippen MR) is 414 cm³/mol. The number of hydrogen-bond acceptors (Lipinski definition) is 4. The van der Waals surface area contributed by atoms with E-state index in [1.165, 1.54) is 327 Å². The van der Waals surface area contributed by atoms with Gasteiger partial charge in [0.2, 0.25) is 11.8 Å². The molecule has 2 amide bonds. The lowest BCUT2D eigenvalue weighted by molar-refractivity contribution is -0.125. The van der Waals surface area contributed by atoms with Gasteiger partial charge in [0.25, 0.3) is 0 Å². The monoisotopic (exact) mass is 1330 g/mol. The van der Waals surface area contributed by atoms with E-state index in [0.717, 1.165) is 138 Å². The Labute approximate surface area is 594 Å². The van der Waals surface area contributed by atoms with E-state index in [1.54, 1.807) is 0 Å². The Morgan fingerprint density at radius 3 is 0.863 bits per heavy atom. The fourth-order valence-electron chi connectivity index (χ4n) is 17.9. The van der Waals surface area contributed by atoms with Gasteiger partial charge in [-0.2, -0.15) is 0 Å². The molecule has 95 heavy (non-hydrogen) atoms. The minimum Gasteiger partial charge on any atom is -0.351 e. The van der Waals surface area contributed by atoms with Crippen LogP contribution in [0.4, 0.5) is 0 Å². The van der Waals surface area contributed by atoms with Crippen molar-refractivity contribution >= 4 is 23.4 Å². The number of nitrogens with one attached hydrogen (secondary N) is 2. The van der Waals surface area contributed by atoms with Crippen molar-refractivity contribution in [2.24, 2.45) is 47.3 Å². The zero-order chi connectivity index (χ0) is 68.3. The molecule has 3 aliphatic carbocycles. The normalized spacial score (nSPS) is 21.0. The lowest BCUT2D eigenvalue weighted by Crippen LogP contribution is -2.53. The van der Waals surface area contributed by atoms with Gasteiger partial charge in [-0.05, 0) is 118 Å². The molecule has 0 radical (unpaired) electrons. The van der Waals surface area contributed by atoms with E-state index in [9.17, 15) is 19.2 Å². The van der Waals surface area contributed by atoms with Gasteiger partial charge in [-0.15, -0.1) is 0 Å². The van der Waals surface area contributed by atoms with Crippen LogP contribution in [-0.2, 0) is 19.2 Å². The average Bonchev–Trinajstić information content (AvgIpc) is 3.46. The summed E-state index contributed by atoms with van der Waals surface area (Å²) in [4.78, 5) is 53.4. The summed E-state index contributed by atoms with van der Waals surface area (Å²) >= 11 is 0. The molecule has 0 saturated heterocycles. The van der Waals surface area contributed by atoms with Crippen LogP contribution in [0.1, 0.15) is 485 Å². The summed E-state index contributed by atoms with van der Waals surface area (Å²) < 4.78 is 0. The first kappa shape index (κ1) is 87.5. The molecule has 3 rings (SSSR count). The van der Waals surface area contributed by atoms with Gasteiger partial charge in [0.1, 0.15) is 11.6 Å². The molecular weight excluding hydrogens is 1160 g/mol. The number of unbranched alkanes of at least 4 members (excludes halogenated alkanes) is 40. The molecule has 6 nitrogen and oxygen atoms in total. The minimum absolute atomic E-state index is 0.0727. The van der Waals surface area contributed by atoms with Gasteiger partial charge in [-0.3, -0.25) is 19.2 Å². The standard InChI is InChI=1S/C89H168N2O4/c1-7-9-11-13-35-47-61-80-72-78(59-45-39-41-50-66-85(93)75-83-64-54-53-63-82(83)74-84(92)65-49-37-31-27-23-19-15-17-21-25-29-33-43-57-76(3)4)71-79(73-81(80)62-48-36-14-12-10-8-2)60-46-40-42-52-70-89(95)91-87-68-56-55-67-86(87)90-88(94)69-51-38-32-28-24-20-16-18-22-26-30-34-44-58-77(5)6/h76-83,86-87H,7-75H2,1-6H3,(H,90,94)(H,91,95)/t78?,79?,80?,81?,82-,83-,86-,87-/m0/s1. The Morgan fingerprint density at radius 1 is 0.284 bits per heavy atom. The van der Waals surface area contributed by atoms with E-state index in [4.69, 9.17) is 0 Å². The molecule has 0 bridgehead atoms. The van der Waals surface area contributed by atoms with E-state index >= 15 is 0 Å². The maximum absolute atomic E-state index is 13.6. The van der Waals surface area contributed by atoms with Crippen LogP contribution in [0.3, 0.4) is 0 Å². The Morgan fingerprint density at radius 2 is 0.547 bits per heavy atom. The van der Waals surface area contributed by atoms with Crippen LogP contribution in [0.2, 0.25) is 0 Å². The van der Waals surface area contributed by atoms with Crippen molar-refractivity contribution in [3.8, 4) is 0 Å². The number of ketones is 2. The molecule has 0 aromatic heterocycles. The topological polar surface area (TPSA) is 92.3 Å². The molecule has 0 aromatic carbocycles. The average molecular weight is 1330 g/mol. The second-order valence-electron chi connectivity index (χ2n) is 34.0. The van der Waals surface area contributed by atoms with E-state index in [0.29, 0.717) is 36.2 Å². The molecule has 0 heterocycles. The first-order valence-corrected chi connectivity index (χ1v) is 44.1. The Kier molecular flexibility index (Phi) is 57.2. The van der Waals surface area contributed by atoms with Gasteiger partial charge in [-0.1, -0.05) is 375 Å². The van der Waals surface area contributed by atoms with Crippen LogP contribution in [0.15, 0.2) is 0 Å². The van der Waals surface area contributed by atoms with Crippen molar-refractivity contribution in [1.29, 1.82) is 0 Å². The van der Waals surface area contributed by atoms with Crippen molar-refractivity contribution in [2.75, 3.05) is 0 Å². The van der Waals surface area contributed by atoms with E-state index < -0.39 is 0 Å². The minimum atomic E-state index is 0.0727.